The summed E-state index contributed by atoms with van der Waals surface area (Å²) >= 11 is 0. The van der Waals surface area contributed by atoms with Crippen LogP contribution in [0, 0.1) is 5.82 Å². The minimum Gasteiger partial charge on any atom is -0.497 e. The zero-order valence-corrected chi connectivity index (χ0v) is 18.4. The van der Waals surface area contributed by atoms with E-state index in [9.17, 15) is 9.50 Å². The Morgan fingerprint density at radius 1 is 1.16 bits per heavy atom. The van der Waals surface area contributed by atoms with Gasteiger partial charge >= 0.3 is 0 Å². The van der Waals surface area contributed by atoms with Crippen LogP contribution in [0.25, 0.3) is 0 Å². The van der Waals surface area contributed by atoms with Crippen LogP contribution in [0.5, 0.6) is 5.75 Å². The maximum Gasteiger partial charge on any atom is 0.191 e. The summed E-state index contributed by atoms with van der Waals surface area (Å²) in [6, 6.07) is 13.2. The Bertz CT molecular complexity index is 851. The molecule has 3 rings (SSSR count). The minimum absolute atomic E-state index is 0.240. The minimum atomic E-state index is -0.395. The quantitative estimate of drug-likeness (QED) is 0.423. The van der Waals surface area contributed by atoms with E-state index in [1.807, 2.05) is 19.1 Å². The molecule has 0 aliphatic carbocycles. The highest BCUT2D eigenvalue weighted by Crippen LogP contribution is 2.26. The first-order chi connectivity index (χ1) is 15.1. The first-order valence-electron chi connectivity index (χ1n) is 10.9. The fraction of sp³-hybridized carbons (Fsp3) is 0.458. The molecule has 1 heterocycles. The summed E-state index contributed by atoms with van der Waals surface area (Å²) in [5, 5.41) is 16.0. The second kappa shape index (κ2) is 11.7. The standard InChI is InChI=1S/C24H33FN4O2/c1-3-26-24(27-15-18-6-11-22(25)20(14-18)17-30)28-16-23(29-12-4-5-13-29)19-7-9-21(31-2)10-8-19/h6-11,14,23,30H,3-5,12-13,15-17H2,1-2H3,(H2,26,27,28). The molecule has 1 fully saturated rings. The lowest BCUT2D eigenvalue weighted by Crippen LogP contribution is -2.42. The van der Waals surface area contributed by atoms with E-state index < -0.39 is 5.82 Å². The lowest BCUT2D eigenvalue weighted by molar-refractivity contribution is 0.245. The van der Waals surface area contributed by atoms with Crippen molar-refractivity contribution in [3.8, 4) is 5.75 Å². The molecule has 1 aliphatic rings. The fourth-order valence-electron chi connectivity index (χ4n) is 3.89. The van der Waals surface area contributed by atoms with E-state index in [0.29, 0.717) is 12.1 Å². The van der Waals surface area contributed by atoms with Crippen molar-refractivity contribution in [1.82, 2.24) is 15.5 Å². The number of aliphatic hydroxyl groups is 1. The van der Waals surface area contributed by atoms with Crippen molar-refractivity contribution in [2.45, 2.75) is 39.0 Å². The number of nitrogens with zero attached hydrogens (tertiary/aromatic N) is 2. The lowest BCUT2D eigenvalue weighted by Gasteiger charge is -2.29. The number of nitrogens with one attached hydrogen (secondary N) is 2. The second-order valence-corrected chi connectivity index (χ2v) is 7.69. The highest BCUT2D eigenvalue weighted by Gasteiger charge is 2.23. The molecule has 3 N–H and O–H groups in total. The third-order valence-corrected chi connectivity index (χ3v) is 5.59. The second-order valence-electron chi connectivity index (χ2n) is 7.69. The molecule has 1 saturated heterocycles. The van der Waals surface area contributed by atoms with E-state index in [-0.39, 0.29) is 12.6 Å². The van der Waals surface area contributed by atoms with Gasteiger partial charge in [-0.3, -0.25) is 4.90 Å². The van der Waals surface area contributed by atoms with Crippen LogP contribution in [-0.4, -0.2) is 49.3 Å². The Labute approximate surface area is 184 Å². The van der Waals surface area contributed by atoms with Crippen LogP contribution in [0.1, 0.15) is 42.5 Å². The molecular weight excluding hydrogens is 395 g/mol. The predicted octanol–water partition coefficient (Wildman–Crippen LogP) is 3.22. The van der Waals surface area contributed by atoms with E-state index in [2.05, 4.69) is 32.7 Å². The molecule has 1 aliphatic heterocycles. The van der Waals surface area contributed by atoms with Crippen LogP contribution in [0.3, 0.4) is 0 Å². The summed E-state index contributed by atoms with van der Waals surface area (Å²) < 4.78 is 18.9. The van der Waals surface area contributed by atoms with Crippen molar-refractivity contribution in [3.63, 3.8) is 0 Å². The Morgan fingerprint density at radius 3 is 2.55 bits per heavy atom. The third kappa shape index (κ3) is 6.42. The molecule has 0 aromatic heterocycles. The van der Waals surface area contributed by atoms with Gasteiger partial charge in [0.1, 0.15) is 11.6 Å². The van der Waals surface area contributed by atoms with Gasteiger partial charge in [0.2, 0.25) is 0 Å². The monoisotopic (exact) mass is 428 g/mol. The highest BCUT2D eigenvalue weighted by atomic mass is 19.1. The van der Waals surface area contributed by atoms with Crippen molar-refractivity contribution in [2.24, 2.45) is 4.99 Å². The molecule has 6 nitrogen and oxygen atoms in total. The number of guanidine groups is 1. The Hall–Kier alpha value is -2.64. The first-order valence-corrected chi connectivity index (χ1v) is 10.9. The zero-order chi connectivity index (χ0) is 22.1. The van der Waals surface area contributed by atoms with E-state index in [1.54, 1.807) is 19.2 Å². The molecule has 7 heteroatoms. The number of aliphatic imine (C=N–C) groups is 1. The molecule has 2 aromatic rings. The van der Waals surface area contributed by atoms with Crippen molar-refractivity contribution < 1.29 is 14.2 Å². The SMILES string of the molecule is CCNC(=NCc1ccc(F)c(CO)c1)NCC(c1ccc(OC)cc1)N1CCCC1. The van der Waals surface area contributed by atoms with Gasteiger partial charge in [0, 0.05) is 18.7 Å². The number of rotatable bonds is 9. The van der Waals surface area contributed by atoms with Crippen LogP contribution in [-0.2, 0) is 13.2 Å². The maximum absolute atomic E-state index is 13.6. The van der Waals surface area contributed by atoms with E-state index in [1.165, 1.54) is 24.5 Å². The maximum atomic E-state index is 13.6. The summed E-state index contributed by atoms with van der Waals surface area (Å²) in [6.07, 6.45) is 2.44. The fourth-order valence-corrected chi connectivity index (χ4v) is 3.89. The Kier molecular flexibility index (Phi) is 8.67. The molecule has 1 atom stereocenters. The molecule has 168 valence electrons. The molecule has 1 unspecified atom stereocenters. The summed E-state index contributed by atoms with van der Waals surface area (Å²) in [5.74, 6) is 1.18. The molecule has 0 radical (unpaired) electrons. The summed E-state index contributed by atoms with van der Waals surface area (Å²) in [7, 11) is 1.68. The smallest absolute Gasteiger partial charge is 0.191 e. The van der Waals surface area contributed by atoms with Crippen LogP contribution >= 0.6 is 0 Å². The molecule has 2 aromatic carbocycles. The Balaban J connectivity index is 1.70. The van der Waals surface area contributed by atoms with Crippen molar-refractivity contribution in [2.75, 3.05) is 33.3 Å². The van der Waals surface area contributed by atoms with E-state index in [0.717, 1.165) is 43.5 Å². The molecular formula is C24H33FN4O2. The van der Waals surface area contributed by atoms with Gasteiger partial charge in [0.05, 0.1) is 26.3 Å². The van der Waals surface area contributed by atoms with Gasteiger partial charge in [0.25, 0.3) is 0 Å². The summed E-state index contributed by atoms with van der Waals surface area (Å²) in [5.41, 5.74) is 2.39. The molecule has 0 amide bonds. The van der Waals surface area contributed by atoms with E-state index >= 15 is 0 Å². The molecule has 31 heavy (non-hydrogen) atoms. The summed E-state index contributed by atoms with van der Waals surface area (Å²) in [4.78, 5) is 7.17. The molecule has 0 spiro atoms. The van der Waals surface area contributed by atoms with Crippen LogP contribution in [0.15, 0.2) is 47.5 Å². The van der Waals surface area contributed by atoms with Gasteiger partial charge < -0.3 is 20.5 Å². The van der Waals surface area contributed by atoms with Gasteiger partial charge in [-0.15, -0.1) is 0 Å². The number of hydrogen-bond acceptors (Lipinski definition) is 4. The van der Waals surface area contributed by atoms with Gasteiger partial charge in [-0.2, -0.15) is 0 Å². The van der Waals surface area contributed by atoms with Gasteiger partial charge in [-0.05, 0) is 68.2 Å². The number of hydrogen-bond donors (Lipinski definition) is 3. The zero-order valence-electron chi connectivity index (χ0n) is 18.4. The van der Waals surface area contributed by atoms with Crippen molar-refractivity contribution in [3.05, 3.63) is 65.0 Å². The van der Waals surface area contributed by atoms with Crippen molar-refractivity contribution in [1.29, 1.82) is 0 Å². The van der Waals surface area contributed by atoms with Crippen LogP contribution in [0.2, 0.25) is 0 Å². The summed E-state index contributed by atoms with van der Waals surface area (Å²) in [6.45, 7) is 5.76. The topological polar surface area (TPSA) is 69.1 Å². The van der Waals surface area contributed by atoms with Gasteiger partial charge in [0.15, 0.2) is 5.96 Å². The first kappa shape index (κ1) is 23.0. The van der Waals surface area contributed by atoms with Crippen molar-refractivity contribution >= 4 is 5.96 Å². The number of benzene rings is 2. The average molecular weight is 429 g/mol. The average Bonchev–Trinajstić information content (AvgIpc) is 3.33. The van der Waals surface area contributed by atoms with Crippen LogP contribution in [0.4, 0.5) is 4.39 Å². The van der Waals surface area contributed by atoms with Gasteiger partial charge in [-0.25, -0.2) is 9.38 Å². The Morgan fingerprint density at radius 2 is 1.90 bits per heavy atom. The normalized spacial score (nSPS) is 15.7. The molecule has 0 saturated carbocycles. The van der Waals surface area contributed by atoms with E-state index in [4.69, 9.17) is 4.74 Å². The number of likely N-dealkylation sites (tertiary alicyclic amines) is 1. The number of halogens is 1. The third-order valence-electron chi connectivity index (χ3n) is 5.59. The number of aliphatic hydroxyl groups excluding tert-OH is 1. The lowest BCUT2D eigenvalue weighted by atomic mass is 10.1. The largest absolute Gasteiger partial charge is 0.497 e. The number of methoxy groups -OCH3 is 1. The molecule has 0 bridgehead atoms. The van der Waals surface area contributed by atoms with Crippen LogP contribution < -0.4 is 15.4 Å². The highest BCUT2D eigenvalue weighted by molar-refractivity contribution is 5.79. The predicted molar refractivity (Wildman–Crippen MR) is 122 cm³/mol. The van der Waals surface area contributed by atoms with Gasteiger partial charge in [-0.1, -0.05) is 18.2 Å². The number of ether oxygens (including phenoxy) is 1.